The molecule has 1 atom stereocenters. The van der Waals surface area contributed by atoms with E-state index in [1.807, 2.05) is 0 Å². The summed E-state index contributed by atoms with van der Waals surface area (Å²) < 4.78 is 0. The molecular formula is C11H22N2. The molecule has 2 heteroatoms. The van der Waals surface area contributed by atoms with Crippen LogP contribution >= 0.6 is 0 Å². The van der Waals surface area contributed by atoms with Crippen LogP contribution < -0.4 is 5.73 Å². The predicted octanol–water partition coefficient (Wildman–Crippen LogP) is 1.60. The van der Waals surface area contributed by atoms with Crippen LogP contribution in [0, 0.1) is 5.92 Å². The van der Waals surface area contributed by atoms with Crippen LogP contribution in [0.5, 0.6) is 0 Å². The van der Waals surface area contributed by atoms with E-state index in [1.165, 1.54) is 51.6 Å². The lowest BCUT2D eigenvalue weighted by molar-refractivity contribution is 0.0677. The Kier molecular flexibility index (Phi) is 3.23. The summed E-state index contributed by atoms with van der Waals surface area (Å²) >= 11 is 0. The molecule has 0 radical (unpaired) electrons. The van der Waals surface area contributed by atoms with Crippen molar-refractivity contribution in [3.63, 3.8) is 0 Å². The van der Waals surface area contributed by atoms with Crippen molar-refractivity contribution in [1.82, 2.24) is 4.90 Å². The molecule has 2 N–H and O–H groups in total. The SMILES string of the molecule is NCCC1CCN1CC1CCCC1. The Hall–Kier alpha value is -0.0800. The Morgan fingerprint density at radius 3 is 2.46 bits per heavy atom. The van der Waals surface area contributed by atoms with Gasteiger partial charge in [0.05, 0.1) is 0 Å². The normalized spacial score (nSPS) is 30.7. The van der Waals surface area contributed by atoms with E-state index in [1.54, 1.807) is 0 Å². The average molecular weight is 182 g/mol. The molecule has 0 bridgehead atoms. The molecule has 0 aromatic rings. The maximum absolute atomic E-state index is 5.58. The second-order valence-electron chi connectivity index (χ2n) is 4.67. The molecule has 0 aromatic carbocycles. The predicted molar refractivity (Wildman–Crippen MR) is 55.6 cm³/mol. The fourth-order valence-corrected chi connectivity index (χ4v) is 2.78. The first-order valence-electron chi connectivity index (χ1n) is 5.84. The van der Waals surface area contributed by atoms with Gasteiger partial charge in [0.2, 0.25) is 0 Å². The van der Waals surface area contributed by atoms with Gasteiger partial charge in [-0.25, -0.2) is 0 Å². The lowest BCUT2D eigenvalue weighted by atomic mass is 9.96. The van der Waals surface area contributed by atoms with Gasteiger partial charge in [0.1, 0.15) is 0 Å². The van der Waals surface area contributed by atoms with Crippen LogP contribution in [-0.4, -0.2) is 30.6 Å². The Labute approximate surface area is 81.5 Å². The topological polar surface area (TPSA) is 29.3 Å². The largest absolute Gasteiger partial charge is 0.330 e. The van der Waals surface area contributed by atoms with E-state index >= 15 is 0 Å². The summed E-state index contributed by atoms with van der Waals surface area (Å²) in [5.74, 6) is 1.01. The molecule has 1 unspecified atom stereocenters. The summed E-state index contributed by atoms with van der Waals surface area (Å²) in [7, 11) is 0. The molecule has 1 aliphatic heterocycles. The molecule has 0 aromatic heterocycles. The molecule has 1 heterocycles. The Morgan fingerprint density at radius 1 is 1.15 bits per heavy atom. The molecular weight excluding hydrogens is 160 g/mol. The standard InChI is InChI=1S/C11H22N2/c12-7-5-11-6-8-13(11)9-10-3-1-2-4-10/h10-11H,1-9,12H2. The van der Waals surface area contributed by atoms with Gasteiger partial charge in [-0.2, -0.15) is 0 Å². The maximum atomic E-state index is 5.58. The molecule has 2 fully saturated rings. The molecule has 2 nitrogen and oxygen atoms in total. The van der Waals surface area contributed by atoms with Gasteiger partial charge in [0, 0.05) is 12.6 Å². The highest BCUT2D eigenvalue weighted by Crippen LogP contribution is 2.29. The van der Waals surface area contributed by atoms with Gasteiger partial charge in [-0.1, -0.05) is 12.8 Å². The van der Waals surface area contributed by atoms with Crippen LogP contribution in [0.4, 0.5) is 0 Å². The van der Waals surface area contributed by atoms with Crippen molar-refractivity contribution >= 4 is 0 Å². The first kappa shape index (κ1) is 9.47. The van der Waals surface area contributed by atoms with Crippen LogP contribution in [0.25, 0.3) is 0 Å². The molecule has 2 rings (SSSR count). The third-order valence-corrected chi connectivity index (χ3v) is 3.73. The van der Waals surface area contributed by atoms with Gasteiger partial charge >= 0.3 is 0 Å². The molecule has 76 valence electrons. The Bertz CT molecular complexity index is 152. The zero-order valence-electron chi connectivity index (χ0n) is 8.54. The zero-order chi connectivity index (χ0) is 9.10. The van der Waals surface area contributed by atoms with Crippen LogP contribution in [0.2, 0.25) is 0 Å². The van der Waals surface area contributed by atoms with Gasteiger partial charge in [-0.15, -0.1) is 0 Å². The summed E-state index contributed by atoms with van der Waals surface area (Å²) in [6, 6.07) is 0.839. The zero-order valence-corrected chi connectivity index (χ0v) is 8.54. The van der Waals surface area contributed by atoms with Gasteiger partial charge in [0.25, 0.3) is 0 Å². The quantitative estimate of drug-likeness (QED) is 0.715. The molecule has 0 amide bonds. The van der Waals surface area contributed by atoms with Crippen molar-refractivity contribution < 1.29 is 0 Å². The van der Waals surface area contributed by atoms with Crippen molar-refractivity contribution in [1.29, 1.82) is 0 Å². The van der Waals surface area contributed by atoms with Crippen LogP contribution in [-0.2, 0) is 0 Å². The number of rotatable bonds is 4. The molecule has 1 saturated carbocycles. The molecule has 1 saturated heterocycles. The maximum Gasteiger partial charge on any atom is 0.0120 e. The van der Waals surface area contributed by atoms with E-state index < -0.39 is 0 Å². The fraction of sp³-hybridized carbons (Fsp3) is 1.00. The number of likely N-dealkylation sites (tertiary alicyclic amines) is 1. The molecule has 2 aliphatic rings. The fourth-order valence-electron chi connectivity index (χ4n) is 2.78. The summed E-state index contributed by atoms with van der Waals surface area (Å²) in [5, 5.41) is 0. The summed E-state index contributed by atoms with van der Waals surface area (Å²) in [4.78, 5) is 2.66. The minimum absolute atomic E-state index is 0.839. The third-order valence-electron chi connectivity index (χ3n) is 3.73. The second kappa shape index (κ2) is 4.43. The minimum atomic E-state index is 0.839. The van der Waals surface area contributed by atoms with Crippen LogP contribution in [0.3, 0.4) is 0 Å². The molecule has 1 aliphatic carbocycles. The second-order valence-corrected chi connectivity index (χ2v) is 4.67. The van der Waals surface area contributed by atoms with Crippen molar-refractivity contribution in [3.05, 3.63) is 0 Å². The van der Waals surface area contributed by atoms with Gasteiger partial charge in [-0.3, -0.25) is 4.90 Å². The number of nitrogens with two attached hydrogens (primary N) is 1. The van der Waals surface area contributed by atoms with Gasteiger partial charge < -0.3 is 5.73 Å². The van der Waals surface area contributed by atoms with Crippen molar-refractivity contribution in [3.8, 4) is 0 Å². The van der Waals surface area contributed by atoms with E-state index in [0.29, 0.717) is 0 Å². The number of nitrogens with zero attached hydrogens (tertiary/aromatic N) is 1. The lowest BCUT2D eigenvalue weighted by Crippen LogP contribution is -2.50. The van der Waals surface area contributed by atoms with E-state index in [2.05, 4.69) is 4.90 Å². The first-order chi connectivity index (χ1) is 6.40. The van der Waals surface area contributed by atoms with Crippen LogP contribution in [0.15, 0.2) is 0 Å². The molecule has 13 heavy (non-hydrogen) atoms. The van der Waals surface area contributed by atoms with Crippen molar-refractivity contribution in [2.45, 2.75) is 44.6 Å². The summed E-state index contributed by atoms with van der Waals surface area (Å²) in [6.07, 6.45) is 8.51. The highest BCUT2D eigenvalue weighted by atomic mass is 15.2. The van der Waals surface area contributed by atoms with Gasteiger partial charge in [0.15, 0.2) is 0 Å². The smallest absolute Gasteiger partial charge is 0.0120 e. The van der Waals surface area contributed by atoms with Crippen molar-refractivity contribution in [2.24, 2.45) is 11.7 Å². The number of hydrogen-bond donors (Lipinski definition) is 1. The van der Waals surface area contributed by atoms with E-state index in [4.69, 9.17) is 5.73 Å². The van der Waals surface area contributed by atoms with E-state index in [0.717, 1.165) is 18.5 Å². The average Bonchev–Trinajstić information content (AvgIpc) is 2.61. The Balaban J connectivity index is 1.69. The number of hydrogen-bond acceptors (Lipinski definition) is 2. The van der Waals surface area contributed by atoms with E-state index in [-0.39, 0.29) is 0 Å². The Morgan fingerprint density at radius 2 is 1.92 bits per heavy atom. The first-order valence-corrected chi connectivity index (χ1v) is 5.84. The van der Waals surface area contributed by atoms with E-state index in [9.17, 15) is 0 Å². The lowest BCUT2D eigenvalue weighted by Gasteiger charge is -2.42. The monoisotopic (exact) mass is 182 g/mol. The van der Waals surface area contributed by atoms with Crippen molar-refractivity contribution in [2.75, 3.05) is 19.6 Å². The summed E-state index contributed by atoms with van der Waals surface area (Å²) in [5.41, 5.74) is 5.58. The minimum Gasteiger partial charge on any atom is -0.330 e. The highest BCUT2D eigenvalue weighted by molar-refractivity contribution is 4.85. The summed E-state index contributed by atoms with van der Waals surface area (Å²) in [6.45, 7) is 3.57. The van der Waals surface area contributed by atoms with Gasteiger partial charge in [-0.05, 0) is 44.7 Å². The molecule has 0 spiro atoms. The highest BCUT2D eigenvalue weighted by Gasteiger charge is 2.29. The third kappa shape index (κ3) is 2.23. The van der Waals surface area contributed by atoms with Crippen LogP contribution in [0.1, 0.15) is 38.5 Å².